The highest BCUT2D eigenvalue weighted by molar-refractivity contribution is 5.78. The van der Waals surface area contributed by atoms with Crippen molar-refractivity contribution >= 4 is 11.9 Å². The first-order valence-corrected chi connectivity index (χ1v) is 7.50. The van der Waals surface area contributed by atoms with Crippen LogP contribution in [0, 0.1) is 0 Å². The maximum atomic E-state index is 12.0. The molecule has 2 atom stereocenters. The van der Waals surface area contributed by atoms with Crippen molar-refractivity contribution in [3.63, 3.8) is 0 Å². The molecule has 1 N–H and O–H groups in total. The number of hydrogen-bond donors (Lipinski definition) is 1. The molecule has 0 heterocycles. The van der Waals surface area contributed by atoms with Crippen LogP contribution in [0.15, 0.2) is 18.2 Å². The van der Waals surface area contributed by atoms with E-state index in [0.717, 1.165) is 11.1 Å². The minimum atomic E-state index is -0.857. The van der Waals surface area contributed by atoms with Gasteiger partial charge in [0, 0.05) is 0 Å². The van der Waals surface area contributed by atoms with E-state index < -0.39 is 11.9 Å². The van der Waals surface area contributed by atoms with E-state index in [1.54, 1.807) is 27.0 Å². The van der Waals surface area contributed by atoms with Crippen molar-refractivity contribution in [1.82, 2.24) is 0 Å². The monoisotopic (exact) mass is 308 g/mol. The van der Waals surface area contributed by atoms with Gasteiger partial charge in [-0.25, -0.2) is 0 Å². The number of carboxylic acid groups (broad SMARTS) is 1. The highest BCUT2D eigenvalue weighted by Gasteiger charge is 2.24. The molecule has 5 heteroatoms. The molecule has 0 aliphatic carbocycles. The van der Waals surface area contributed by atoms with Crippen LogP contribution in [0.4, 0.5) is 0 Å². The molecule has 0 aliphatic rings. The van der Waals surface area contributed by atoms with Crippen LogP contribution < -0.4 is 4.74 Å². The first kappa shape index (κ1) is 18.0. The highest BCUT2D eigenvalue weighted by Crippen LogP contribution is 2.34. The van der Waals surface area contributed by atoms with Crippen molar-refractivity contribution in [1.29, 1.82) is 0 Å². The van der Waals surface area contributed by atoms with Crippen molar-refractivity contribution in [3.8, 4) is 5.75 Å². The Labute approximate surface area is 131 Å². The predicted molar refractivity (Wildman–Crippen MR) is 83.3 cm³/mol. The second-order valence-corrected chi connectivity index (χ2v) is 5.17. The number of rotatable bonds is 8. The molecule has 0 saturated heterocycles. The summed E-state index contributed by atoms with van der Waals surface area (Å²) in [5.41, 5.74) is 1.64. The fourth-order valence-corrected chi connectivity index (χ4v) is 2.51. The molecule has 1 rings (SSSR count). The summed E-state index contributed by atoms with van der Waals surface area (Å²) in [7, 11) is 1.56. The van der Waals surface area contributed by atoms with E-state index >= 15 is 0 Å². The van der Waals surface area contributed by atoms with Gasteiger partial charge in [0.15, 0.2) is 0 Å². The maximum absolute atomic E-state index is 12.0. The summed E-state index contributed by atoms with van der Waals surface area (Å²) in [4.78, 5) is 23.1. The molecule has 0 aromatic heterocycles. The predicted octanol–water partition coefficient (Wildman–Crippen LogP) is 3.33. The Kier molecular flexibility index (Phi) is 6.89. The van der Waals surface area contributed by atoms with Gasteiger partial charge in [0.1, 0.15) is 5.75 Å². The molecular formula is C17H24O5. The number of carboxylic acids is 1. The molecule has 0 bridgehead atoms. The van der Waals surface area contributed by atoms with E-state index in [9.17, 15) is 9.59 Å². The number of aliphatic carboxylic acids is 1. The molecule has 0 fully saturated rings. The highest BCUT2D eigenvalue weighted by atomic mass is 16.5. The molecule has 0 amide bonds. The number of ether oxygens (including phenoxy) is 2. The molecule has 0 radical (unpaired) electrons. The van der Waals surface area contributed by atoms with E-state index in [1.807, 2.05) is 19.1 Å². The van der Waals surface area contributed by atoms with Crippen LogP contribution in [0.25, 0.3) is 0 Å². The van der Waals surface area contributed by atoms with E-state index in [1.165, 1.54) is 0 Å². The first-order chi connectivity index (χ1) is 10.4. The van der Waals surface area contributed by atoms with Crippen LogP contribution in [0.1, 0.15) is 56.6 Å². The molecule has 5 nitrogen and oxygen atoms in total. The van der Waals surface area contributed by atoms with Crippen LogP contribution in [-0.4, -0.2) is 30.8 Å². The Morgan fingerprint density at radius 3 is 2.41 bits per heavy atom. The summed E-state index contributed by atoms with van der Waals surface area (Å²) in [6.07, 6.45) is 0.689. The second-order valence-electron chi connectivity index (χ2n) is 5.17. The normalized spacial score (nSPS) is 13.3. The zero-order valence-electron chi connectivity index (χ0n) is 13.6. The Balaban J connectivity index is 3.25. The molecule has 1 aromatic rings. The number of benzene rings is 1. The van der Waals surface area contributed by atoms with E-state index in [2.05, 4.69) is 0 Å². The van der Waals surface area contributed by atoms with Gasteiger partial charge in [-0.3, -0.25) is 9.59 Å². The Hall–Kier alpha value is -2.04. The second kappa shape index (κ2) is 8.41. The van der Waals surface area contributed by atoms with Gasteiger partial charge < -0.3 is 14.6 Å². The molecule has 122 valence electrons. The lowest BCUT2D eigenvalue weighted by Crippen LogP contribution is -2.17. The average Bonchev–Trinajstić information content (AvgIpc) is 2.51. The van der Waals surface area contributed by atoms with Gasteiger partial charge in [-0.2, -0.15) is 0 Å². The summed E-state index contributed by atoms with van der Waals surface area (Å²) >= 11 is 0. The van der Waals surface area contributed by atoms with Crippen molar-refractivity contribution in [2.24, 2.45) is 0 Å². The molecule has 2 unspecified atom stereocenters. The standard InChI is InChI=1S/C17H24O5/c1-5-12(9-16(18)19)15-10-13(21-4)7-8-14(15)11(3)17(20)22-6-2/h7-8,10-12H,5-6,9H2,1-4H3,(H,18,19). The van der Waals surface area contributed by atoms with Crippen LogP contribution in [0.3, 0.4) is 0 Å². The fourth-order valence-electron chi connectivity index (χ4n) is 2.51. The largest absolute Gasteiger partial charge is 0.497 e. The maximum Gasteiger partial charge on any atom is 0.313 e. The number of esters is 1. The summed E-state index contributed by atoms with van der Waals surface area (Å²) in [5, 5.41) is 9.10. The summed E-state index contributed by atoms with van der Waals surface area (Å²) in [6, 6.07) is 5.42. The molecule has 1 aromatic carbocycles. The summed E-state index contributed by atoms with van der Waals surface area (Å²) in [6.45, 7) is 5.79. The van der Waals surface area contributed by atoms with Gasteiger partial charge in [0.25, 0.3) is 0 Å². The van der Waals surface area contributed by atoms with E-state index in [0.29, 0.717) is 18.8 Å². The van der Waals surface area contributed by atoms with Gasteiger partial charge in [-0.05, 0) is 49.4 Å². The quantitative estimate of drug-likeness (QED) is 0.746. The minimum absolute atomic E-state index is 0.0201. The molecular weight excluding hydrogens is 284 g/mol. The third-order valence-electron chi connectivity index (χ3n) is 3.75. The lowest BCUT2D eigenvalue weighted by atomic mass is 9.85. The molecule has 0 saturated carbocycles. The SMILES string of the molecule is CCOC(=O)C(C)c1ccc(OC)cc1C(CC)CC(=O)O. The van der Waals surface area contributed by atoms with Crippen LogP contribution in [-0.2, 0) is 14.3 Å². The Morgan fingerprint density at radius 1 is 1.23 bits per heavy atom. The zero-order valence-corrected chi connectivity index (χ0v) is 13.6. The Bertz CT molecular complexity index is 524. The van der Waals surface area contributed by atoms with Gasteiger partial charge in [-0.15, -0.1) is 0 Å². The van der Waals surface area contributed by atoms with Gasteiger partial charge in [0.2, 0.25) is 0 Å². The van der Waals surface area contributed by atoms with Crippen LogP contribution in [0.2, 0.25) is 0 Å². The van der Waals surface area contributed by atoms with Gasteiger partial charge in [0.05, 0.1) is 26.1 Å². The topological polar surface area (TPSA) is 72.8 Å². The zero-order chi connectivity index (χ0) is 16.7. The van der Waals surface area contributed by atoms with Crippen LogP contribution >= 0.6 is 0 Å². The van der Waals surface area contributed by atoms with Gasteiger partial charge >= 0.3 is 11.9 Å². The number of hydrogen-bond acceptors (Lipinski definition) is 4. The van der Waals surface area contributed by atoms with E-state index in [-0.39, 0.29) is 18.3 Å². The summed E-state index contributed by atoms with van der Waals surface area (Å²) < 4.78 is 10.3. The van der Waals surface area contributed by atoms with Crippen molar-refractivity contribution in [2.75, 3.05) is 13.7 Å². The lowest BCUT2D eigenvalue weighted by Gasteiger charge is -2.21. The summed E-state index contributed by atoms with van der Waals surface area (Å²) in [5.74, 6) is -1.12. The number of methoxy groups -OCH3 is 1. The third-order valence-corrected chi connectivity index (χ3v) is 3.75. The minimum Gasteiger partial charge on any atom is -0.497 e. The van der Waals surface area contributed by atoms with Crippen molar-refractivity contribution in [3.05, 3.63) is 29.3 Å². The molecule has 0 spiro atoms. The Morgan fingerprint density at radius 2 is 1.91 bits per heavy atom. The average molecular weight is 308 g/mol. The lowest BCUT2D eigenvalue weighted by molar-refractivity contribution is -0.144. The smallest absolute Gasteiger partial charge is 0.313 e. The third kappa shape index (κ3) is 4.48. The van der Waals surface area contributed by atoms with Crippen molar-refractivity contribution < 1.29 is 24.2 Å². The van der Waals surface area contributed by atoms with E-state index in [4.69, 9.17) is 14.6 Å². The number of carbonyl (C=O) groups excluding carboxylic acids is 1. The first-order valence-electron chi connectivity index (χ1n) is 7.50. The number of carbonyl (C=O) groups is 2. The van der Waals surface area contributed by atoms with Crippen LogP contribution in [0.5, 0.6) is 5.75 Å². The molecule has 22 heavy (non-hydrogen) atoms. The van der Waals surface area contributed by atoms with Gasteiger partial charge in [-0.1, -0.05) is 13.0 Å². The molecule has 0 aliphatic heterocycles. The fraction of sp³-hybridized carbons (Fsp3) is 0.529. The van der Waals surface area contributed by atoms with Crippen molar-refractivity contribution in [2.45, 2.75) is 45.4 Å².